The van der Waals surface area contributed by atoms with Crippen LogP contribution in [0.25, 0.3) is 0 Å². The molecule has 0 heterocycles. The highest BCUT2D eigenvalue weighted by molar-refractivity contribution is 5.90. The molecule has 3 aromatic rings. The van der Waals surface area contributed by atoms with E-state index < -0.39 is 42.9 Å². The fourth-order valence-electron chi connectivity index (χ4n) is 3.10. The van der Waals surface area contributed by atoms with Gasteiger partial charge >= 0.3 is 23.9 Å². The van der Waals surface area contributed by atoms with Gasteiger partial charge in [-0.1, -0.05) is 54.6 Å². The van der Waals surface area contributed by atoms with Crippen LogP contribution in [0.15, 0.2) is 91.0 Å². The van der Waals surface area contributed by atoms with Crippen molar-refractivity contribution in [1.29, 1.82) is 0 Å². The van der Waals surface area contributed by atoms with Crippen LogP contribution in [0, 0.1) is 0 Å². The lowest BCUT2D eigenvalue weighted by atomic mass is 10.2. The molecule has 0 fully saturated rings. The van der Waals surface area contributed by atoms with Gasteiger partial charge in [-0.3, -0.25) is 4.79 Å². The van der Waals surface area contributed by atoms with Gasteiger partial charge in [0, 0.05) is 6.92 Å². The summed E-state index contributed by atoms with van der Waals surface area (Å²) in [6.45, 7) is 0.323. The van der Waals surface area contributed by atoms with Gasteiger partial charge in [0.25, 0.3) is 0 Å². The first-order valence-electron chi connectivity index (χ1n) is 11.4. The topological polar surface area (TPSA) is 114 Å². The molecule has 9 nitrogen and oxygen atoms in total. The van der Waals surface area contributed by atoms with Crippen molar-refractivity contribution in [2.75, 3.05) is 19.8 Å². The summed E-state index contributed by atoms with van der Waals surface area (Å²) >= 11 is 0. The van der Waals surface area contributed by atoms with Crippen molar-refractivity contribution in [1.82, 2.24) is 0 Å². The Hall–Kier alpha value is -4.50. The average Bonchev–Trinajstić information content (AvgIpc) is 2.93. The molecule has 0 N–H and O–H groups in total. The molecule has 2 atom stereocenters. The SMILES string of the molecule is CC(=O)O[C@@H](OCCOC(=O)c1ccccc1)C(COC(=O)c1ccccc1)OC(=O)c1ccccc1. The molecule has 0 aliphatic rings. The smallest absolute Gasteiger partial charge is 0.338 e. The van der Waals surface area contributed by atoms with Crippen molar-refractivity contribution in [3.63, 3.8) is 0 Å². The molecule has 9 heteroatoms. The minimum atomic E-state index is -1.44. The number of benzene rings is 3. The number of carbonyl (C=O) groups excluding carboxylic acids is 4. The average molecular weight is 507 g/mol. The molecule has 0 aromatic heterocycles. The first kappa shape index (κ1) is 27.1. The quantitative estimate of drug-likeness (QED) is 0.156. The van der Waals surface area contributed by atoms with Crippen LogP contribution in [0.4, 0.5) is 0 Å². The van der Waals surface area contributed by atoms with E-state index in [2.05, 4.69) is 0 Å². The molecule has 0 aliphatic heterocycles. The number of hydrogen-bond acceptors (Lipinski definition) is 9. The second-order valence-corrected chi connectivity index (χ2v) is 7.62. The number of ether oxygens (including phenoxy) is 5. The summed E-state index contributed by atoms with van der Waals surface area (Å²) in [4.78, 5) is 49.0. The van der Waals surface area contributed by atoms with E-state index in [9.17, 15) is 19.2 Å². The van der Waals surface area contributed by atoms with Gasteiger partial charge in [-0.05, 0) is 36.4 Å². The molecule has 1 unspecified atom stereocenters. The zero-order valence-electron chi connectivity index (χ0n) is 20.1. The lowest BCUT2D eigenvalue weighted by Gasteiger charge is -2.26. The molecule has 3 rings (SSSR count). The second-order valence-electron chi connectivity index (χ2n) is 7.62. The van der Waals surface area contributed by atoms with E-state index in [4.69, 9.17) is 23.7 Å². The number of hydrogen-bond donors (Lipinski definition) is 0. The Morgan fingerprint density at radius 2 is 1.05 bits per heavy atom. The molecule has 0 saturated carbocycles. The van der Waals surface area contributed by atoms with Gasteiger partial charge in [0.1, 0.15) is 13.2 Å². The van der Waals surface area contributed by atoms with Gasteiger partial charge < -0.3 is 23.7 Å². The third-order valence-electron chi connectivity index (χ3n) is 4.85. The monoisotopic (exact) mass is 506 g/mol. The number of carbonyl (C=O) groups is 4. The van der Waals surface area contributed by atoms with Crippen LogP contribution in [-0.4, -0.2) is 56.1 Å². The first-order chi connectivity index (χ1) is 17.9. The highest BCUT2D eigenvalue weighted by Gasteiger charge is 2.31. The van der Waals surface area contributed by atoms with Crippen molar-refractivity contribution in [3.8, 4) is 0 Å². The number of rotatable bonds is 12. The molecular formula is C28H26O9. The van der Waals surface area contributed by atoms with Crippen LogP contribution in [0.5, 0.6) is 0 Å². The summed E-state index contributed by atoms with van der Waals surface area (Å²) in [5.74, 6) is -2.68. The largest absolute Gasteiger partial charge is 0.460 e. The van der Waals surface area contributed by atoms with E-state index in [0.717, 1.165) is 6.92 Å². The Morgan fingerprint density at radius 3 is 1.54 bits per heavy atom. The van der Waals surface area contributed by atoms with Crippen LogP contribution in [0.1, 0.15) is 38.0 Å². The van der Waals surface area contributed by atoms with E-state index >= 15 is 0 Å². The molecular weight excluding hydrogens is 480 g/mol. The molecule has 192 valence electrons. The predicted octanol–water partition coefficient (Wildman–Crippen LogP) is 3.83. The molecule has 0 amide bonds. The summed E-state index contributed by atoms with van der Waals surface area (Å²) < 4.78 is 26.8. The standard InChI is InChI=1S/C28H26O9/c1-20(29)36-28(34-18-17-33-25(30)21-11-5-2-6-12-21)24(37-27(32)23-15-9-4-10-16-23)19-35-26(31)22-13-7-3-8-14-22/h2-16,24,28H,17-19H2,1H3/t24?,28-/m1/s1. The zero-order chi connectivity index (χ0) is 26.5. The fourth-order valence-corrected chi connectivity index (χ4v) is 3.10. The van der Waals surface area contributed by atoms with Gasteiger partial charge in [-0.15, -0.1) is 0 Å². The van der Waals surface area contributed by atoms with Gasteiger partial charge in [0.15, 0.2) is 6.10 Å². The molecule has 0 bridgehead atoms. The Kier molecular flexibility index (Phi) is 10.4. The third-order valence-corrected chi connectivity index (χ3v) is 4.85. The minimum absolute atomic E-state index is 0.172. The van der Waals surface area contributed by atoms with Gasteiger partial charge in [0.05, 0.1) is 23.3 Å². The van der Waals surface area contributed by atoms with Gasteiger partial charge in [0.2, 0.25) is 6.29 Å². The van der Waals surface area contributed by atoms with E-state index in [1.54, 1.807) is 91.0 Å². The van der Waals surface area contributed by atoms with Crippen molar-refractivity contribution >= 4 is 23.9 Å². The van der Waals surface area contributed by atoms with E-state index in [1.165, 1.54) is 0 Å². The minimum Gasteiger partial charge on any atom is -0.460 e. The summed E-state index contributed by atoms with van der Waals surface area (Å²) in [6, 6.07) is 24.7. The normalized spacial score (nSPS) is 12.0. The zero-order valence-corrected chi connectivity index (χ0v) is 20.1. The van der Waals surface area contributed by atoms with Crippen LogP contribution in [-0.2, 0) is 28.5 Å². The predicted molar refractivity (Wildman–Crippen MR) is 131 cm³/mol. The van der Waals surface area contributed by atoms with E-state index in [0.29, 0.717) is 5.56 Å². The summed E-state index contributed by atoms with van der Waals surface area (Å²) in [7, 11) is 0. The molecule has 0 radical (unpaired) electrons. The second kappa shape index (κ2) is 14.2. The highest BCUT2D eigenvalue weighted by Crippen LogP contribution is 2.14. The molecule has 37 heavy (non-hydrogen) atoms. The lowest BCUT2D eigenvalue weighted by molar-refractivity contribution is -0.208. The summed E-state index contributed by atoms with van der Waals surface area (Å²) in [5.41, 5.74) is 0.884. The van der Waals surface area contributed by atoms with Crippen LogP contribution < -0.4 is 0 Å². The number of esters is 4. The lowest BCUT2D eigenvalue weighted by Crippen LogP contribution is -2.41. The van der Waals surface area contributed by atoms with Gasteiger partial charge in [-0.25, -0.2) is 14.4 Å². The van der Waals surface area contributed by atoms with E-state index in [1.807, 2.05) is 0 Å². The molecule has 3 aromatic carbocycles. The van der Waals surface area contributed by atoms with Crippen molar-refractivity contribution in [2.45, 2.75) is 19.3 Å². The fraction of sp³-hybridized carbons (Fsp3) is 0.214. The third kappa shape index (κ3) is 8.90. The maximum atomic E-state index is 12.7. The van der Waals surface area contributed by atoms with Crippen molar-refractivity contribution in [2.24, 2.45) is 0 Å². The summed E-state index contributed by atoms with van der Waals surface area (Å²) in [6.07, 6.45) is -2.75. The first-order valence-corrected chi connectivity index (χ1v) is 11.4. The maximum Gasteiger partial charge on any atom is 0.338 e. The van der Waals surface area contributed by atoms with Gasteiger partial charge in [-0.2, -0.15) is 0 Å². The maximum absolute atomic E-state index is 12.7. The van der Waals surface area contributed by atoms with Crippen molar-refractivity contribution in [3.05, 3.63) is 108 Å². The van der Waals surface area contributed by atoms with Crippen LogP contribution >= 0.6 is 0 Å². The Balaban J connectivity index is 1.67. The highest BCUT2D eigenvalue weighted by atomic mass is 16.7. The molecule has 0 saturated heterocycles. The van der Waals surface area contributed by atoms with E-state index in [-0.39, 0.29) is 24.3 Å². The summed E-state index contributed by atoms with van der Waals surface area (Å²) in [5, 5.41) is 0. The van der Waals surface area contributed by atoms with Crippen molar-refractivity contribution < 1.29 is 42.9 Å². The Morgan fingerprint density at radius 1 is 0.595 bits per heavy atom. The molecule has 0 spiro atoms. The van der Waals surface area contributed by atoms with Crippen LogP contribution in [0.3, 0.4) is 0 Å². The Labute approximate surface area is 213 Å². The Bertz CT molecular complexity index is 1160. The molecule has 0 aliphatic carbocycles. The van der Waals surface area contributed by atoms with Crippen LogP contribution in [0.2, 0.25) is 0 Å².